The highest BCUT2D eigenvalue weighted by Gasteiger charge is 2.27. The van der Waals surface area contributed by atoms with E-state index < -0.39 is 11.9 Å². The number of ether oxygens (including phenoxy) is 1. The first-order valence-electron chi connectivity index (χ1n) is 10.0. The molecule has 0 bridgehead atoms. The summed E-state index contributed by atoms with van der Waals surface area (Å²) in [6.07, 6.45) is 9.38. The van der Waals surface area contributed by atoms with Crippen LogP contribution in [-0.2, 0) is 9.53 Å². The van der Waals surface area contributed by atoms with Gasteiger partial charge in [0.15, 0.2) is 5.78 Å². The minimum atomic E-state index is -0.625. The number of Topliss-reactive ketones (excluding diaryl/α,β-unsaturated/α-hetero) is 1. The number of halogens is 1. The van der Waals surface area contributed by atoms with Crippen molar-refractivity contribution in [2.75, 3.05) is 13.2 Å². The zero-order valence-corrected chi connectivity index (χ0v) is 17.8. The fourth-order valence-electron chi connectivity index (χ4n) is 2.26. The van der Waals surface area contributed by atoms with Gasteiger partial charge in [0, 0.05) is 18.4 Å². The number of carbonyl (C=O) groups excluding carboxylic acids is 3. The highest BCUT2D eigenvalue weighted by atomic mass is 19.1. The van der Waals surface area contributed by atoms with Gasteiger partial charge in [-0.2, -0.15) is 0 Å². The standard InChI is InChI=1S/C14H14FNO4.C7H12.C2H6/c15-11-6-4-10(5-7-11)12(17)2-1-3-13(18)16-8-9-20-14(16)19;1-3-5-7-6-4-2;1-2/h4-7H,1-3,8-9H2;3,5-7H,4H2,1-2H3;1-2H3/b;5-3-,7-6-;. The van der Waals surface area contributed by atoms with E-state index in [1.165, 1.54) is 24.3 Å². The first-order valence-corrected chi connectivity index (χ1v) is 10.0. The van der Waals surface area contributed by atoms with Crippen molar-refractivity contribution in [3.05, 3.63) is 60.0 Å². The normalized spacial score (nSPS) is 12.9. The first-order chi connectivity index (χ1) is 14.0. The lowest BCUT2D eigenvalue weighted by Crippen LogP contribution is -2.31. The molecule has 1 aromatic carbocycles. The second kappa shape index (κ2) is 16.2. The van der Waals surface area contributed by atoms with Crippen LogP contribution in [0.3, 0.4) is 0 Å². The lowest BCUT2D eigenvalue weighted by molar-refractivity contribution is -0.127. The van der Waals surface area contributed by atoms with Crippen molar-refractivity contribution >= 4 is 17.8 Å². The molecular weight excluding hydrogens is 373 g/mol. The highest BCUT2D eigenvalue weighted by molar-refractivity contribution is 5.96. The summed E-state index contributed by atoms with van der Waals surface area (Å²) in [6.45, 7) is 8.63. The van der Waals surface area contributed by atoms with Crippen molar-refractivity contribution in [3.63, 3.8) is 0 Å². The number of hydrogen-bond donors (Lipinski definition) is 0. The van der Waals surface area contributed by atoms with E-state index in [0.717, 1.165) is 11.3 Å². The van der Waals surface area contributed by atoms with Gasteiger partial charge in [-0.1, -0.05) is 45.1 Å². The third kappa shape index (κ3) is 11.0. The van der Waals surface area contributed by atoms with Crippen LogP contribution in [0, 0.1) is 5.82 Å². The van der Waals surface area contributed by atoms with Crippen molar-refractivity contribution in [1.29, 1.82) is 0 Å². The van der Waals surface area contributed by atoms with Gasteiger partial charge in [-0.05, 0) is 44.0 Å². The average Bonchev–Trinajstić information content (AvgIpc) is 3.17. The van der Waals surface area contributed by atoms with E-state index in [1.54, 1.807) is 0 Å². The van der Waals surface area contributed by atoms with E-state index in [2.05, 4.69) is 23.8 Å². The molecule has 0 aliphatic carbocycles. The van der Waals surface area contributed by atoms with Crippen LogP contribution in [0.15, 0.2) is 48.6 Å². The summed E-state index contributed by atoms with van der Waals surface area (Å²) in [4.78, 5) is 35.7. The van der Waals surface area contributed by atoms with Crippen molar-refractivity contribution in [1.82, 2.24) is 4.90 Å². The molecule has 2 amide bonds. The SMILES string of the molecule is C/C=C\C=C/CC.CC.O=C(CCCC(=O)N1CCOC1=O)c1ccc(F)cc1. The topological polar surface area (TPSA) is 63.7 Å². The van der Waals surface area contributed by atoms with Crippen LogP contribution in [0.5, 0.6) is 0 Å². The van der Waals surface area contributed by atoms with Crippen molar-refractivity contribution in [2.24, 2.45) is 0 Å². The Morgan fingerprint density at radius 3 is 2.31 bits per heavy atom. The molecule has 0 unspecified atom stereocenters. The van der Waals surface area contributed by atoms with Gasteiger partial charge in [-0.3, -0.25) is 9.59 Å². The van der Waals surface area contributed by atoms with Gasteiger partial charge >= 0.3 is 6.09 Å². The minimum Gasteiger partial charge on any atom is -0.447 e. The molecule has 0 aromatic heterocycles. The molecule has 6 heteroatoms. The molecule has 0 radical (unpaired) electrons. The maximum Gasteiger partial charge on any atom is 0.416 e. The van der Waals surface area contributed by atoms with Gasteiger partial charge in [0.2, 0.25) is 5.91 Å². The summed E-state index contributed by atoms with van der Waals surface area (Å²) in [7, 11) is 0. The highest BCUT2D eigenvalue weighted by Crippen LogP contribution is 2.11. The molecule has 1 saturated heterocycles. The molecule has 1 aromatic rings. The second-order valence-corrected chi connectivity index (χ2v) is 5.81. The van der Waals surface area contributed by atoms with Crippen LogP contribution in [-0.4, -0.2) is 35.8 Å². The number of allylic oxidation sites excluding steroid dienone is 4. The molecule has 1 aliphatic rings. The van der Waals surface area contributed by atoms with Crippen molar-refractivity contribution in [2.45, 2.75) is 53.4 Å². The monoisotopic (exact) mass is 405 g/mol. The molecule has 160 valence electrons. The lowest BCUT2D eigenvalue weighted by Gasteiger charge is -2.09. The predicted molar refractivity (Wildman–Crippen MR) is 113 cm³/mol. The summed E-state index contributed by atoms with van der Waals surface area (Å²) >= 11 is 0. The lowest BCUT2D eigenvalue weighted by atomic mass is 10.1. The molecule has 1 fully saturated rings. The van der Waals surface area contributed by atoms with E-state index in [4.69, 9.17) is 0 Å². The zero-order chi connectivity index (χ0) is 22.1. The Hall–Kier alpha value is -2.76. The molecule has 0 N–H and O–H groups in total. The van der Waals surface area contributed by atoms with Crippen LogP contribution in [0.25, 0.3) is 0 Å². The predicted octanol–water partition coefficient (Wildman–Crippen LogP) is 5.71. The van der Waals surface area contributed by atoms with Gasteiger partial charge < -0.3 is 4.74 Å². The zero-order valence-electron chi connectivity index (χ0n) is 17.8. The van der Waals surface area contributed by atoms with Crippen molar-refractivity contribution in [3.8, 4) is 0 Å². The fourth-order valence-corrected chi connectivity index (χ4v) is 2.26. The maximum atomic E-state index is 12.7. The van der Waals surface area contributed by atoms with E-state index in [9.17, 15) is 18.8 Å². The Morgan fingerprint density at radius 1 is 1.14 bits per heavy atom. The smallest absolute Gasteiger partial charge is 0.416 e. The maximum absolute atomic E-state index is 12.7. The Bertz CT molecular complexity index is 681. The Labute approximate surface area is 173 Å². The molecule has 29 heavy (non-hydrogen) atoms. The quantitative estimate of drug-likeness (QED) is 0.430. The minimum absolute atomic E-state index is 0.113. The van der Waals surface area contributed by atoms with Gasteiger partial charge in [-0.25, -0.2) is 14.1 Å². The van der Waals surface area contributed by atoms with Crippen molar-refractivity contribution < 1.29 is 23.5 Å². The average molecular weight is 406 g/mol. The Kier molecular flexibility index (Phi) is 14.7. The third-order valence-electron chi connectivity index (χ3n) is 3.70. The summed E-state index contributed by atoms with van der Waals surface area (Å²) in [5.74, 6) is -0.884. The van der Waals surface area contributed by atoms with Gasteiger partial charge in [0.1, 0.15) is 12.4 Å². The number of hydrogen-bond acceptors (Lipinski definition) is 4. The molecule has 2 rings (SSSR count). The largest absolute Gasteiger partial charge is 0.447 e. The van der Waals surface area contributed by atoms with E-state index >= 15 is 0 Å². The van der Waals surface area contributed by atoms with Gasteiger partial charge in [0.25, 0.3) is 0 Å². The summed E-state index contributed by atoms with van der Waals surface area (Å²) in [5.41, 5.74) is 0.416. The summed E-state index contributed by atoms with van der Waals surface area (Å²) < 4.78 is 17.4. The van der Waals surface area contributed by atoms with E-state index in [-0.39, 0.29) is 37.7 Å². The van der Waals surface area contributed by atoms with E-state index in [0.29, 0.717) is 12.0 Å². The summed E-state index contributed by atoms with van der Waals surface area (Å²) in [5, 5.41) is 0. The number of imide groups is 1. The van der Waals surface area contributed by atoms with Crippen LogP contribution < -0.4 is 0 Å². The second-order valence-electron chi connectivity index (χ2n) is 5.81. The summed E-state index contributed by atoms with van der Waals surface area (Å²) in [6, 6.07) is 5.27. The Morgan fingerprint density at radius 2 is 1.79 bits per heavy atom. The van der Waals surface area contributed by atoms with Crippen LogP contribution >= 0.6 is 0 Å². The number of cyclic esters (lactones) is 1. The fraction of sp³-hybridized carbons (Fsp3) is 0.435. The first kappa shape index (κ1) is 26.2. The van der Waals surface area contributed by atoms with Crippen LogP contribution in [0.2, 0.25) is 0 Å². The van der Waals surface area contributed by atoms with Crippen LogP contribution in [0.4, 0.5) is 9.18 Å². The molecule has 1 heterocycles. The molecule has 1 aliphatic heterocycles. The molecule has 0 atom stereocenters. The van der Waals surface area contributed by atoms with Gasteiger partial charge in [0.05, 0.1) is 6.54 Å². The van der Waals surface area contributed by atoms with Crippen LogP contribution in [0.1, 0.15) is 63.7 Å². The van der Waals surface area contributed by atoms with E-state index in [1.807, 2.05) is 32.9 Å². The number of amides is 2. The molecule has 0 spiro atoms. The number of benzene rings is 1. The number of carbonyl (C=O) groups is 3. The molecular formula is C23H32FNO4. The number of nitrogens with zero attached hydrogens (tertiary/aromatic N) is 1. The number of ketones is 1. The molecule has 5 nitrogen and oxygen atoms in total. The third-order valence-corrected chi connectivity index (χ3v) is 3.70. The molecule has 0 saturated carbocycles. The van der Waals surface area contributed by atoms with Gasteiger partial charge in [-0.15, -0.1) is 0 Å². The number of rotatable bonds is 7. The Balaban J connectivity index is 0.000000740.